The molecule has 6 nitrogen and oxygen atoms in total. The smallest absolute Gasteiger partial charge is 0.274 e. The molecule has 2 unspecified atom stereocenters. The third-order valence-electron chi connectivity index (χ3n) is 6.49. The largest absolute Gasteiger partial charge is 0.337 e. The highest BCUT2D eigenvalue weighted by molar-refractivity contribution is 5.92. The molecule has 0 radical (unpaired) electrons. The molecule has 0 aromatic carbocycles. The number of rotatable bonds is 4. The molecule has 0 aliphatic carbocycles. The second kappa shape index (κ2) is 10.6. The van der Waals surface area contributed by atoms with Gasteiger partial charge in [-0.3, -0.25) is 9.48 Å². The molecule has 1 aromatic rings. The number of carbonyl (C=O) groups excluding carboxylic acids is 1. The number of nitrogens with zero attached hydrogens (tertiary/aromatic N) is 4. The Labute approximate surface area is 175 Å². The van der Waals surface area contributed by atoms with E-state index in [1.807, 2.05) is 16.9 Å². The first-order valence-corrected chi connectivity index (χ1v) is 11.1. The lowest BCUT2D eigenvalue weighted by Crippen LogP contribution is -2.44. The molecule has 0 saturated carbocycles. The summed E-state index contributed by atoms with van der Waals surface area (Å²) in [5.41, 5.74) is 0.621. The molecule has 3 aliphatic heterocycles. The topological polar surface area (TPSA) is 53.4 Å². The van der Waals surface area contributed by atoms with E-state index in [-0.39, 0.29) is 18.3 Å². The van der Waals surface area contributed by atoms with Crippen molar-refractivity contribution in [1.29, 1.82) is 0 Å². The summed E-state index contributed by atoms with van der Waals surface area (Å²) in [6, 6.07) is 2.30. The number of nitrogens with one attached hydrogen (secondary N) is 1. The van der Waals surface area contributed by atoms with Crippen LogP contribution in [0.4, 0.5) is 0 Å². The summed E-state index contributed by atoms with van der Waals surface area (Å²) < 4.78 is 2.00. The number of carbonyl (C=O) groups is 1. The van der Waals surface area contributed by atoms with Gasteiger partial charge in [-0.05, 0) is 70.1 Å². The van der Waals surface area contributed by atoms with Crippen LogP contribution in [0, 0.1) is 5.92 Å². The monoisotopic (exact) mass is 409 g/mol. The van der Waals surface area contributed by atoms with Crippen LogP contribution >= 0.6 is 12.4 Å². The number of aromatic nitrogens is 2. The summed E-state index contributed by atoms with van der Waals surface area (Å²) in [5.74, 6) is 0.739. The van der Waals surface area contributed by atoms with Gasteiger partial charge in [0.1, 0.15) is 5.69 Å². The minimum atomic E-state index is 0. The number of halogens is 1. The van der Waals surface area contributed by atoms with Crippen molar-refractivity contribution in [2.45, 2.75) is 57.4 Å². The third kappa shape index (κ3) is 5.49. The van der Waals surface area contributed by atoms with Gasteiger partial charge in [-0.2, -0.15) is 5.10 Å². The highest BCUT2D eigenvalue weighted by Crippen LogP contribution is 2.22. The number of amides is 1. The van der Waals surface area contributed by atoms with E-state index in [0.717, 1.165) is 45.6 Å². The van der Waals surface area contributed by atoms with E-state index in [1.165, 1.54) is 51.6 Å². The lowest BCUT2D eigenvalue weighted by atomic mass is 9.97. The average molecular weight is 410 g/mol. The Balaban J connectivity index is 0.00000225. The standard InChI is InChI=1S/C21H35N5O.ClH/c27-21(20-9-14-26(23-20)19-8-5-10-22-15-19)25-13-6-7-18(17-25)16-24-11-3-1-2-4-12-24;/h9,14,18-19,22H,1-8,10-13,15-17H2;1H. The van der Waals surface area contributed by atoms with E-state index < -0.39 is 0 Å². The van der Waals surface area contributed by atoms with Crippen LogP contribution in [0.3, 0.4) is 0 Å². The molecule has 1 amide bonds. The predicted molar refractivity (Wildman–Crippen MR) is 114 cm³/mol. The van der Waals surface area contributed by atoms with Gasteiger partial charge in [-0.25, -0.2) is 0 Å². The molecule has 1 aromatic heterocycles. The Kier molecular flexibility index (Phi) is 8.18. The molecule has 2 atom stereocenters. The molecule has 4 rings (SSSR count). The van der Waals surface area contributed by atoms with Crippen molar-refractivity contribution in [2.75, 3.05) is 45.8 Å². The second-order valence-electron chi connectivity index (χ2n) is 8.66. The maximum Gasteiger partial charge on any atom is 0.274 e. The van der Waals surface area contributed by atoms with Gasteiger partial charge >= 0.3 is 0 Å². The molecule has 0 bridgehead atoms. The fourth-order valence-electron chi connectivity index (χ4n) is 4.96. The van der Waals surface area contributed by atoms with Crippen molar-refractivity contribution in [3.8, 4) is 0 Å². The van der Waals surface area contributed by atoms with Crippen molar-refractivity contribution >= 4 is 18.3 Å². The number of likely N-dealkylation sites (tertiary alicyclic amines) is 2. The highest BCUT2D eigenvalue weighted by Gasteiger charge is 2.27. The summed E-state index contributed by atoms with van der Waals surface area (Å²) >= 11 is 0. The third-order valence-corrected chi connectivity index (χ3v) is 6.49. The number of hydrogen-bond acceptors (Lipinski definition) is 4. The number of piperidine rings is 2. The van der Waals surface area contributed by atoms with Crippen LogP contribution in [0.1, 0.15) is 67.9 Å². The zero-order chi connectivity index (χ0) is 18.5. The molecule has 0 spiro atoms. The minimum Gasteiger partial charge on any atom is -0.337 e. The van der Waals surface area contributed by atoms with Crippen LogP contribution in [-0.2, 0) is 0 Å². The quantitative estimate of drug-likeness (QED) is 0.830. The lowest BCUT2D eigenvalue weighted by molar-refractivity contribution is 0.0634. The molecular weight excluding hydrogens is 374 g/mol. The summed E-state index contributed by atoms with van der Waals surface area (Å²) in [4.78, 5) is 17.7. The molecule has 3 fully saturated rings. The second-order valence-corrected chi connectivity index (χ2v) is 8.66. The molecule has 3 aliphatic rings. The molecule has 3 saturated heterocycles. The van der Waals surface area contributed by atoms with Gasteiger partial charge in [0.2, 0.25) is 0 Å². The summed E-state index contributed by atoms with van der Waals surface area (Å²) in [6.07, 6.45) is 12.1. The molecule has 7 heteroatoms. The zero-order valence-corrected chi connectivity index (χ0v) is 17.8. The Morgan fingerprint density at radius 3 is 2.64 bits per heavy atom. The minimum absolute atomic E-state index is 0. The van der Waals surface area contributed by atoms with Gasteiger partial charge in [0.15, 0.2) is 0 Å². The van der Waals surface area contributed by atoms with Crippen LogP contribution < -0.4 is 5.32 Å². The van der Waals surface area contributed by atoms with E-state index in [0.29, 0.717) is 17.7 Å². The summed E-state index contributed by atoms with van der Waals surface area (Å²) in [6.45, 7) is 7.47. The van der Waals surface area contributed by atoms with Crippen molar-refractivity contribution in [2.24, 2.45) is 5.92 Å². The van der Waals surface area contributed by atoms with Gasteiger partial charge in [0.25, 0.3) is 5.91 Å². The van der Waals surface area contributed by atoms with E-state index in [1.54, 1.807) is 0 Å². The van der Waals surface area contributed by atoms with Crippen molar-refractivity contribution in [1.82, 2.24) is 24.9 Å². The van der Waals surface area contributed by atoms with Gasteiger partial charge in [0, 0.05) is 32.4 Å². The van der Waals surface area contributed by atoms with Gasteiger partial charge < -0.3 is 15.1 Å². The van der Waals surface area contributed by atoms with E-state index in [2.05, 4.69) is 20.2 Å². The van der Waals surface area contributed by atoms with Crippen LogP contribution in [-0.4, -0.2) is 71.3 Å². The maximum absolute atomic E-state index is 13.0. The van der Waals surface area contributed by atoms with Crippen LogP contribution in [0.15, 0.2) is 12.3 Å². The molecule has 158 valence electrons. The van der Waals surface area contributed by atoms with Crippen molar-refractivity contribution in [3.63, 3.8) is 0 Å². The first kappa shape index (κ1) is 21.6. The van der Waals surface area contributed by atoms with Crippen LogP contribution in [0.2, 0.25) is 0 Å². The number of hydrogen-bond donors (Lipinski definition) is 1. The molecular formula is C21H36ClN5O. The molecule has 1 N–H and O–H groups in total. The Morgan fingerprint density at radius 2 is 1.89 bits per heavy atom. The average Bonchev–Trinajstić information content (AvgIpc) is 3.07. The normalized spacial score (nSPS) is 27.1. The van der Waals surface area contributed by atoms with Gasteiger partial charge in [0.05, 0.1) is 6.04 Å². The van der Waals surface area contributed by atoms with Crippen LogP contribution in [0.5, 0.6) is 0 Å². The lowest BCUT2D eigenvalue weighted by Gasteiger charge is -2.35. The summed E-state index contributed by atoms with van der Waals surface area (Å²) in [5, 5.41) is 8.06. The Morgan fingerprint density at radius 1 is 1.07 bits per heavy atom. The van der Waals surface area contributed by atoms with E-state index in [9.17, 15) is 4.79 Å². The first-order chi connectivity index (χ1) is 13.3. The SMILES string of the molecule is Cl.O=C(c1ccn(C2CCCNC2)n1)N1CCCC(CN2CCCCCC2)C1. The van der Waals surface area contributed by atoms with E-state index >= 15 is 0 Å². The van der Waals surface area contributed by atoms with Crippen molar-refractivity contribution in [3.05, 3.63) is 18.0 Å². The Hall–Kier alpha value is -1.11. The van der Waals surface area contributed by atoms with Crippen LogP contribution in [0.25, 0.3) is 0 Å². The predicted octanol–water partition coefficient (Wildman–Crippen LogP) is 2.96. The fourth-order valence-corrected chi connectivity index (χ4v) is 4.96. The maximum atomic E-state index is 13.0. The van der Waals surface area contributed by atoms with Crippen molar-refractivity contribution < 1.29 is 4.79 Å². The fraction of sp³-hybridized carbons (Fsp3) is 0.810. The van der Waals surface area contributed by atoms with Gasteiger partial charge in [-0.15, -0.1) is 12.4 Å². The highest BCUT2D eigenvalue weighted by atomic mass is 35.5. The molecule has 28 heavy (non-hydrogen) atoms. The Bertz CT molecular complexity index is 608. The molecule has 4 heterocycles. The van der Waals surface area contributed by atoms with Gasteiger partial charge in [-0.1, -0.05) is 12.8 Å². The van der Waals surface area contributed by atoms with E-state index in [4.69, 9.17) is 0 Å². The summed E-state index contributed by atoms with van der Waals surface area (Å²) in [7, 11) is 0. The first-order valence-electron chi connectivity index (χ1n) is 11.1. The zero-order valence-electron chi connectivity index (χ0n) is 17.0.